The third-order valence-electron chi connectivity index (χ3n) is 6.47. The topological polar surface area (TPSA) is 118 Å². The first-order valence-electron chi connectivity index (χ1n) is 13.1. The third-order valence-corrected chi connectivity index (χ3v) is 6.47. The molecule has 1 aliphatic carbocycles. The minimum absolute atomic E-state index is 0.0138. The Morgan fingerprint density at radius 1 is 1.25 bits per heavy atom. The van der Waals surface area contributed by atoms with E-state index in [9.17, 15) is 14.7 Å². The normalized spacial score (nSPS) is 17.1. The van der Waals surface area contributed by atoms with Crippen LogP contribution in [-0.2, 0) is 20.9 Å². The first kappa shape index (κ1) is 27.8. The number of carbonyl (C=O) groups excluding carboxylic acids is 2. The lowest BCUT2D eigenvalue weighted by molar-refractivity contribution is -0.155. The van der Waals surface area contributed by atoms with Crippen molar-refractivity contribution in [2.24, 2.45) is 16.6 Å². The zero-order valence-electron chi connectivity index (χ0n) is 22.2. The zero-order valence-corrected chi connectivity index (χ0v) is 22.2. The van der Waals surface area contributed by atoms with Gasteiger partial charge in [-0.3, -0.25) is 9.59 Å². The number of esters is 1. The maximum absolute atomic E-state index is 12.7. The Hall–Kier alpha value is -2.81. The van der Waals surface area contributed by atoms with Gasteiger partial charge in [-0.2, -0.15) is 0 Å². The van der Waals surface area contributed by atoms with Crippen molar-refractivity contribution in [1.29, 1.82) is 0 Å². The van der Waals surface area contributed by atoms with Gasteiger partial charge < -0.3 is 30.1 Å². The summed E-state index contributed by atoms with van der Waals surface area (Å²) in [6.07, 6.45) is 6.03. The standard InChI is InChI=1S/C27H42N4O5/c1-19(32)31(16-20-9-6-5-7-10-20)24(33)11-8-14-35-22-12-13-23-21(15-22)17-30(26(28)29-23)18-25(34)36-27(2,3)4/h12-13,15,19-20,32H,5-11,14,16-18H2,1-4H3,(H2,28,29). The van der Waals surface area contributed by atoms with Crippen molar-refractivity contribution in [3.05, 3.63) is 23.8 Å². The second kappa shape index (κ2) is 12.4. The maximum Gasteiger partial charge on any atom is 0.326 e. The van der Waals surface area contributed by atoms with Gasteiger partial charge in [0.2, 0.25) is 5.91 Å². The first-order chi connectivity index (χ1) is 17.0. The van der Waals surface area contributed by atoms with Gasteiger partial charge in [0.25, 0.3) is 0 Å². The highest BCUT2D eigenvalue weighted by Crippen LogP contribution is 2.29. The molecular formula is C27H42N4O5. The Morgan fingerprint density at radius 3 is 2.64 bits per heavy atom. The van der Waals surface area contributed by atoms with Gasteiger partial charge in [-0.25, -0.2) is 4.99 Å². The summed E-state index contributed by atoms with van der Waals surface area (Å²) in [6, 6.07) is 5.55. The molecule has 2 aliphatic rings. The molecule has 200 valence electrons. The number of nitrogens with two attached hydrogens (primary N) is 1. The number of fused-ring (bicyclic) bond motifs is 1. The van der Waals surface area contributed by atoms with Crippen LogP contribution in [0.25, 0.3) is 0 Å². The minimum Gasteiger partial charge on any atom is -0.494 e. The molecule has 1 amide bonds. The van der Waals surface area contributed by atoms with Crippen molar-refractivity contribution in [1.82, 2.24) is 9.80 Å². The Kier molecular flexibility index (Phi) is 9.59. The van der Waals surface area contributed by atoms with Gasteiger partial charge in [-0.15, -0.1) is 0 Å². The molecule has 0 spiro atoms. The van der Waals surface area contributed by atoms with Gasteiger partial charge in [0, 0.05) is 25.1 Å². The highest BCUT2D eigenvalue weighted by atomic mass is 16.6. The van der Waals surface area contributed by atoms with Crippen LogP contribution in [0, 0.1) is 5.92 Å². The van der Waals surface area contributed by atoms with Crippen LogP contribution in [0.5, 0.6) is 5.75 Å². The molecule has 1 aromatic carbocycles. The van der Waals surface area contributed by atoms with Crippen molar-refractivity contribution in [2.45, 2.75) is 91.0 Å². The molecule has 1 saturated carbocycles. The molecular weight excluding hydrogens is 460 g/mol. The molecule has 9 nitrogen and oxygen atoms in total. The Balaban J connectivity index is 1.49. The quantitative estimate of drug-likeness (QED) is 0.285. The monoisotopic (exact) mass is 502 g/mol. The number of amides is 1. The van der Waals surface area contributed by atoms with Crippen LogP contribution in [0.3, 0.4) is 0 Å². The summed E-state index contributed by atoms with van der Waals surface area (Å²) in [4.78, 5) is 32.7. The highest BCUT2D eigenvalue weighted by molar-refractivity contribution is 5.87. The fourth-order valence-electron chi connectivity index (χ4n) is 4.70. The molecule has 1 unspecified atom stereocenters. The number of aliphatic hydroxyl groups is 1. The molecule has 3 N–H and O–H groups in total. The number of guanidine groups is 1. The van der Waals surface area contributed by atoms with E-state index in [2.05, 4.69) is 4.99 Å². The summed E-state index contributed by atoms with van der Waals surface area (Å²) < 4.78 is 11.3. The van der Waals surface area contributed by atoms with E-state index in [0.29, 0.717) is 44.2 Å². The van der Waals surface area contributed by atoms with Crippen LogP contribution in [0.4, 0.5) is 5.69 Å². The van der Waals surface area contributed by atoms with E-state index in [-0.39, 0.29) is 24.4 Å². The summed E-state index contributed by atoms with van der Waals surface area (Å²) in [5, 5.41) is 10.1. The number of hydrogen-bond donors (Lipinski definition) is 2. The van der Waals surface area contributed by atoms with Crippen molar-refractivity contribution >= 4 is 23.5 Å². The van der Waals surface area contributed by atoms with Crippen LogP contribution >= 0.6 is 0 Å². The van der Waals surface area contributed by atoms with Gasteiger partial charge in [-0.05, 0) is 71.1 Å². The number of benzene rings is 1. The van der Waals surface area contributed by atoms with E-state index in [1.54, 1.807) is 16.7 Å². The minimum atomic E-state index is -0.780. The van der Waals surface area contributed by atoms with Gasteiger partial charge in [0.05, 0.1) is 12.3 Å². The first-order valence-corrected chi connectivity index (χ1v) is 13.1. The molecule has 1 aliphatic heterocycles. The second-order valence-corrected chi connectivity index (χ2v) is 10.8. The van der Waals surface area contributed by atoms with Gasteiger partial charge in [-0.1, -0.05) is 19.3 Å². The number of rotatable bonds is 10. The Bertz CT molecular complexity index is 935. The van der Waals surface area contributed by atoms with Crippen LogP contribution in [0.2, 0.25) is 0 Å². The number of nitrogens with zero attached hydrogens (tertiary/aromatic N) is 3. The van der Waals surface area contributed by atoms with E-state index in [1.165, 1.54) is 19.3 Å². The van der Waals surface area contributed by atoms with Gasteiger partial charge in [0.1, 0.15) is 24.1 Å². The van der Waals surface area contributed by atoms with Gasteiger partial charge in [0.15, 0.2) is 5.96 Å². The van der Waals surface area contributed by atoms with Crippen molar-refractivity contribution in [3.8, 4) is 5.75 Å². The molecule has 1 atom stereocenters. The van der Waals surface area contributed by atoms with E-state index in [4.69, 9.17) is 15.2 Å². The average molecular weight is 503 g/mol. The van der Waals surface area contributed by atoms with Gasteiger partial charge >= 0.3 is 5.97 Å². The Morgan fingerprint density at radius 2 is 1.97 bits per heavy atom. The van der Waals surface area contributed by atoms with E-state index in [0.717, 1.165) is 24.1 Å². The van der Waals surface area contributed by atoms with Crippen molar-refractivity contribution in [2.75, 3.05) is 19.7 Å². The summed E-state index contributed by atoms with van der Waals surface area (Å²) in [5.41, 5.74) is 7.13. The number of ether oxygens (including phenoxy) is 2. The lowest BCUT2D eigenvalue weighted by Crippen LogP contribution is -2.43. The smallest absolute Gasteiger partial charge is 0.326 e. The fourth-order valence-corrected chi connectivity index (χ4v) is 4.70. The van der Waals surface area contributed by atoms with E-state index in [1.807, 2.05) is 39.0 Å². The molecule has 0 bridgehead atoms. The van der Waals surface area contributed by atoms with Crippen molar-refractivity contribution < 1.29 is 24.2 Å². The number of aliphatic imine (C=N–C) groups is 1. The summed E-state index contributed by atoms with van der Waals surface area (Å²) in [6.45, 7) is 8.58. The largest absolute Gasteiger partial charge is 0.494 e. The Labute approximate surface area is 214 Å². The molecule has 9 heteroatoms. The predicted octanol–water partition coefficient (Wildman–Crippen LogP) is 3.70. The average Bonchev–Trinajstić information content (AvgIpc) is 2.80. The van der Waals surface area contributed by atoms with Crippen LogP contribution < -0.4 is 10.5 Å². The number of carbonyl (C=O) groups is 2. The molecule has 36 heavy (non-hydrogen) atoms. The maximum atomic E-state index is 12.7. The van der Waals surface area contributed by atoms with Crippen LogP contribution in [0.15, 0.2) is 23.2 Å². The molecule has 0 saturated heterocycles. The number of hydrogen-bond acceptors (Lipinski definition) is 8. The van der Waals surface area contributed by atoms with Crippen LogP contribution in [0.1, 0.15) is 78.2 Å². The lowest BCUT2D eigenvalue weighted by atomic mass is 9.89. The summed E-state index contributed by atoms with van der Waals surface area (Å²) in [5.74, 6) is 1.03. The molecule has 3 rings (SSSR count). The highest BCUT2D eigenvalue weighted by Gasteiger charge is 2.25. The van der Waals surface area contributed by atoms with E-state index < -0.39 is 11.8 Å². The zero-order chi connectivity index (χ0) is 26.3. The summed E-state index contributed by atoms with van der Waals surface area (Å²) >= 11 is 0. The third kappa shape index (κ3) is 8.40. The predicted molar refractivity (Wildman–Crippen MR) is 139 cm³/mol. The summed E-state index contributed by atoms with van der Waals surface area (Å²) in [7, 11) is 0. The SMILES string of the molecule is CC(O)N(CC1CCCCC1)C(=O)CCCOc1ccc2c(c1)CN(CC(=O)OC(C)(C)C)C(N)=N2. The molecule has 1 fully saturated rings. The molecule has 1 heterocycles. The molecule has 1 aromatic rings. The lowest BCUT2D eigenvalue weighted by Gasteiger charge is -2.31. The van der Waals surface area contributed by atoms with Crippen molar-refractivity contribution in [3.63, 3.8) is 0 Å². The molecule has 0 aromatic heterocycles. The van der Waals surface area contributed by atoms with Crippen LogP contribution in [-0.4, -0.2) is 64.3 Å². The number of aliphatic hydroxyl groups excluding tert-OH is 1. The van der Waals surface area contributed by atoms with E-state index >= 15 is 0 Å². The molecule has 0 radical (unpaired) electrons. The second-order valence-electron chi connectivity index (χ2n) is 10.8. The fraction of sp³-hybridized carbons (Fsp3) is 0.667.